The lowest BCUT2D eigenvalue weighted by Crippen LogP contribution is -2.07. The lowest BCUT2D eigenvalue weighted by atomic mass is 10.2. The molecular weight excluding hydrogens is 292 g/mol. The summed E-state index contributed by atoms with van der Waals surface area (Å²) in [6.07, 6.45) is -3.45. The number of rotatable bonds is 3. The molecule has 2 N–H and O–H groups in total. The molecule has 0 radical (unpaired) electrons. The van der Waals surface area contributed by atoms with Crippen molar-refractivity contribution in [2.24, 2.45) is 0 Å². The highest BCUT2D eigenvalue weighted by atomic mass is 19.4. The van der Waals surface area contributed by atoms with Crippen LogP contribution in [0.5, 0.6) is 0 Å². The smallest absolute Gasteiger partial charge is 0.416 e. The van der Waals surface area contributed by atoms with Gasteiger partial charge >= 0.3 is 12.1 Å². The highest BCUT2D eigenvalue weighted by Gasteiger charge is 2.31. The second-order valence-electron chi connectivity index (χ2n) is 4.05. The summed E-state index contributed by atoms with van der Waals surface area (Å²) in [4.78, 5) is 14.3. The summed E-state index contributed by atoms with van der Waals surface area (Å²) in [6, 6.07) is 4.31. The van der Waals surface area contributed by atoms with E-state index in [2.05, 4.69) is 10.3 Å². The maximum absolute atomic E-state index is 13.5. The highest BCUT2D eigenvalue weighted by molar-refractivity contribution is 5.86. The third kappa shape index (κ3) is 3.47. The molecule has 0 saturated carbocycles. The zero-order valence-corrected chi connectivity index (χ0v) is 10.3. The van der Waals surface area contributed by atoms with Crippen LogP contribution in [0.25, 0.3) is 0 Å². The number of carbonyl (C=O) groups is 1. The molecule has 0 unspecified atom stereocenters. The summed E-state index contributed by atoms with van der Waals surface area (Å²) >= 11 is 0. The fourth-order valence-corrected chi connectivity index (χ4v) is 1.58. The monoisotopic (exact) mass is 300 g/mol. The molecule has 0 aliphatic rings. The van der Waals surface area contributed by atoms with Crippen LogP contribution >= 0.6 is 0 Å². The molecule has 0 fully saturated rings. The van der Waals surface area contributed by atoms with Crippen molar-refractivity contribution in [1.82, 2.24) is 4.98 Å². The first kappa shape index (κ1) is 14.8. The molecule has 0 aliphatic carbocycles. The first-order chi connectivity index (χ1) is 9.77. The predicted molar refractivity (Wildman–Crippen MR) is 65.9 cm³/mol. The Kier molecular flexibility index (Phi) is 3.79. The van der Waals surface area contributed by atoms with Gasteiger partial charge in [-0.25, -0.2) is 14.2 Å². The Bertz CT molecular complexity index is 686. The minimum atomic E-state index is -4.60. The molecule has 0 saturated heterocycles. The molecule has 0 spiro atoms. The fraction of sp³-hybridized carbons (Fsp3) is 0.0769. The largest absolute Gasteiger partial charge is 0.477 e. The number of alkyl halides is 3. The van der Waals surface area contributed by atoms with Crippen molar-refractivity contribution >= 4 is 17.3 Å². The van der Waals surface area contributed by atoms with Crippen molar-refractivity contribution in [2.45, 2.75) is 6.18 Å². The Morgan fingerprint density at radius 3 is 2.52 bits per heavy atom. The van der Waals surface area contributed by atoms with E-state index in [0.29, 0.717) is 18.2 Å². The minimum Gasteiger partial charge on any atom is -0.477 e. The van der Waals surface area contributed by atoms with Gasteiger partial charge in [0, 0.05) is 11.9 Å². The van der Waals surface area contributed by atoms with E-state index in [1.165, 1.54) is 6.07 Å². The second kappa shape index (κ2) is 5.39. The van der Waals surface area contributed by atoms with E-state index in [1.807, 2.05) is 0 Å². The van der Waals surface area contributed by atoms with Gasteiger partial charge in [-0.3, -0.25) is 0 Å². The Labute approximate surface area is 116 Å². The number of anilines is 2. The van der Waals surface area contributed by atoms with Crippen LogP contribution in [-0.4, -0.2) is 16.1 Å². The average Bonchev–Trinajstić information content (AvgIpc) is 2.40. The van der Waals surface area contributed by atoms with E-state index in [0.717, 1.165) is 12.3 Å². The number of aromatic nitrogens is 1. The average molecular weight is 300 g/mol. The van der Waals surface area contributed by atoms with Crippen LogP contribution in [0.3, 0.4) is 0 Å². The lowest BCUT2D eigenvalue weighted by Gasteiger charge is -2.12. The summed E-state index contributed by atoms with van der Waals surface area (Å²) < 4.78 is 51.3. The Hall–Kier alpha value is -2.64. The third-order valence-corrected chi connectivity index (χ3v) is 2.55. The molecule has 1 aromatic carbocycles. The van der Waals surface area contributed by atoms with Crippen molar-refractivity contribution in [2.75, 3.05) is 5.32 Å². The second-order valence-corrected chi connectivity index (χ2v) is 4.05. The molecule has 8 heteroatoms. The van der Waals surface area contributed by atoms with Crippen LogP contribution in [0.4, 0.5) is 28.9 Å². The van der Waals surface area contributed by atoms with Crippen molar-refractivity contribution in [3.8, 4) is 0 Å². The van der Waals surface area contributed by atoms with E-state index in [1.54, 1.807) is 0 Å². The van der Waals surface area contributed by atoms with E-state index >= 15 is 0 Å². The molecule has 2 rings (SSSR count). The van der Waals surface area contributed by atoms with Crippen molar-refractivity contribution < 1.29 is 27.5 Å². The molecule has 1 heterocycles. The van der Waals surface area contributed by atoms with Crippen LogP contribution in [0.2, 0.25) is 0 Å². The molecule has 110 valence electrons. The van der Waals surface area contributed by atoms with Crippen LogP contribution in [-0.2, 0) is 6.18 Å². The number of nitrogens with one attached hydrogen (secondary N) is 1. The number of nitrogens with zero attached hydrogens (tertiary/aromatic N) is 1. The summed E-state index contributed by atoms with van der Waals surface area (Å²) in [5, 5.41) is 11.2. The predicted octanol–water partition coefficient (Wildman–Crippen LogP) is 3.68. The Morgan fingerprint density at radius 2 is 1.90 bits per heavy atom. The minimum absolute atomic E-state index is 0.112. The van der Waals surface area contributed by atoms with Gasteiger partial charge in [-0.2, -0.15) is 13.2 Å². The van der Waals surface area contributed by atoms with E-state index in [-0.39, 0.29) is 11.4 Å². The van der Waals surface area contributed by atoms with Crippen LogP contribution in [0.15, 0.2) is 36.5 Å². The van der Waals surface area contributed by atoms with Crippen LogP contribution < -0.4 is 5.32 Å². The van der Waals surface area contributed by atoms with Gasteiger partial charge in [-0.1, -0.05) is 0 Å². The number of halogens is 4. The summed E-state index contributed by atoms with van der Waals surface area (Å²) in [7, 11) is 0. The zero-order valence-electron chi connectivity index (χ0n) is 10.3. The van der Waals surface area contributed by atoms with Crippen molar-refractivity contribution in [3.63, 3.8) is 0 Å². The van der Waals surface area contributed by atoms with Gasteiger partial charge in [0.15, 0.2) is 0 Å². The van der Waals surface area contributed by atoms with Gasteiger partial charge in [0.25, 0.3) is 0 Å². The van der Waals surface area contributed by atoms with Crippen LogP contribution in [0.1, 0.15) is 16.1 Å². The standard InChI is InChI=1S/C13H8F4N2O2/c14-9-2-1-7(13(15,16)17)5-10(9)19-8-3-4-18-11(6-8)12(20)21/h1-6H,(H,18,19)(H,20,21). The number of benzene rings is 1. The highest BCUT2D eigenvalue weighted by Crippen LogP contribution is 2.32. The fourth-order valence-electron chi connectivity index (χ4n) is 1.58. The molecule has 0 amide bonds. The first-order valence-electron chi connectivity index (χ1n) is 5.60. The number of carboxylic acid groups (broad SMARTS) is 1. The van der Waals surface area contributed by atoms with E-state index < -0.39 is 29.2 Å². The maximum Gasteiger partial charge on any atom is 0.416 e. The molecule has 21 heavy (non-hydrogen) atoms. The number of hydrogen-bond acceptors (Lipinski definition) is 3. The maximum atomic E-state index is 13.5. The molecule has 0 bridgehead atoms. The lowest BCUT2D eigenvalue weighted by molar-refractivity contribution is -0.137. The quantitative estimate of drug-likeness (QED) is 0.849. The van der Waals surface area contributed by atoms with Gasteiger partial charge < -0.3 is 10.4 Å². The number of carboxylic acids is 1. The van der Waals surface area contributed by atoms with Crippen molar-refractivity contribution in [1.29, 1.82) is 0 Å². The van der Waals surface area contributed by atoms with Gasteiger partial charge in [0.1, 0.15) is 11.5 Å². The first-order valence-corrected chi connectivity index (χ1v) is 5.60. The number of hydrogen-bond donors (Lipinski definition) is 2. The van der Waals surface area contributed by atoms with E-state index in [4.69, 9.17) is 5.11 Å². The van der Waals surface area contributed by atoms with Gasteiger partial charge in [-0.05, 0) is 30.3 Å². The van der Waals surface area contributed by atoms with Gasteiger partial charge in [-0.15, -0.1) is 0 Å². The Morgan fingerprint density at radius 1 is 1.19 bits per heavy atom. The summed E-state index contributed by atoms with van der Waals surface area (Å²) in [5.41, 5.74) is -1.63. The SMILES string of the molecule is O=C(O)c1cc(Nc2cc(C(F)(F)F)ccc2F)ccn1. The molecule has 2 aromatic rings. The molecular formula is C13H8F4N2O2. The molecule has 0 atom stereocenters. The third-order valence-electron chi connectivity index (χ3n) is 2.55. The normalized spacial score (nSPS) is 11.2. The molecule has 1 aromatic heterocycles. The van der Waals surface area contributed by atoms with Crippen LogP contribution in [0, 0.1) is 5.82 Å². The Balaban J connectivity index is 2.35. The van der Waals surface area contributed by atoms with Crippen molar-refractivity contribution in [3.05, 3.63) is 53.6 Å². The molecule has 4 nitrogen and oxygen atoms in total. The summed E-state index contributed by atoms with van der Waals surface area (Å²) in [5.74, 6) is -2.19. The van der Waals surface area contributed by atoms with Gasteiger partial charge in [0.05, 0.1) is 11.3 Å². The van der Waals surface area contributed by atoms with Gasteiger partial charge in [0.2, 0.25) is 0 Å². The number of aromatic carboxylic acids is 1. The summed E-state index contributed by atoms with van der Waals surface area (Å²) in [6.45, 7) is 0. The van der Waals surface area contributed by atoms with E-state index in [9.17, 15) is 22.4 Å². The topological polar surface area (TPSA) is 62.2 Å². The molecule has 0 aliphatic heterocycles. The zero-order chi connectivity index (χ0) is 15.6. The number of pyridine rings is 1.